The number of Topliss-reactive ketones (excluding diaryl/α,β-unsaturated/α-hetero) is 1. The Morgan fingerprint density at radius 1 is 1.00 bits per heavy atom. The largest absolute Gasteiger partial charge is 0.299 e. The highest BCUT2D eigenvalue weighted by molar-refractivity contribution is 5.82. The van der Waals surface area contributed by atoms with E-state index in [0.29, 0.717) is 0 Å². The number of carbonyl (C=O) groups is 1. The summed E-state index contributed by atoms with van der Waals surface area (Å²) in [6.45, 7) is 11.9. The average molecular weight is 142 g/mol. The quantitative estimate of drug-likeness (QED) is 0.550. The van der Waals surface area contributed by atoms with E-state index in [-0.39, 0.29) is 16.6 Å². The van der Waals surface area contributed by atoms with Gasteiger partial charge in [0.2, 0.25) is 0 Å². The predicted octanol–water partition coefficient (Wildman–Crippen LogP) is 2.65. The van der Waals surface area contributed by atoms with Crippen molar-refractivity contribution in [2.24, 2.45) is 10.8 Å². The smallest absolute Gasteiger partial charge is 0.135 e. The van der Waals surface area contributed by atoms with E-state index in [0.717, 1.165) is 0 Å². The third kappa shape index (κ3) is 1.59. The standard InChI is InChI=1S/C9H18O/c1-7(10)9(5,6)8(2,3)4/h1-6H3. The molecule has 60 valence electrons. The molecule has 0 aromatic rings. The van der Waals surface area contributed by atoms with E-state index in [1.54, 1.807) is 6.92 Å². The van der Waals surface area contributed by atoms with Gasteiger partial charge in [-0.2, -0.15) is 0 Å². The zero-order valence-electron chi connectivity index (χ0n) is 7.91. The highest BCUT2D eigenvalue weighted by atomic mass is 16.1. The number of carbonyl (C=O) groups excluding carboxylic acids is 1. The lowest BCUT2D eigenvalue weighted by Crippen LogP contribution is -2.35. The van der Waals surface area contributed by atoms with E-state index >= 15 is 0 Å². The van der Waals surface area contributed by atoms with Crippen LogP contribution in [0.25, 0.3) is 0 Å². The van der Waals surface area contributed by atoms with Gasteiger partial charge in [-0.1, -0.05) is 34.6 Å². The fraction of sp³-hybridized carbons (Fsp3) is 0.889. The second-order valence-corrected chi connectivity index (χ2v) is 4.43. The first kappa shape index (κ1) is 9.67. The molecule has 0 N–H and O–H groups in total. The maximum atomic E-state index is 11.1. The van der Waals surface area contributed by atoms with Crippen molar-refractivity contribution in [3.63, 3.8) is 0 Å². The van der Waals surface area contributed by atoms with E-state index in [1.165, 1.54) is 0 Å². The Bertz CT molecular complexity index is 137. The van der Waals surface area contributed by atoms with Crippen molar-refractivity contribution in [3.05, 3.63) is 0 Å². The van der Waals surface area contributed by atoms with E-state index < -0.39 is 0 Å². The van der Waals surface area contributed by atoms with Gasteiger partial charge in [-0.25, -0.2) is 0 Å². The van der Waals surface area contributed by atoms with Crippen LogP contribution in [-0.4, -0.2) is 5.78 Å². The third-order valence-corrected chi connectivity index (χ3v) is 2.76. The molecule has 1 heteroatoms. The Kier molecular flexibility index (Phi) is 2.29. The van der Waals surface area contributed by atoms with E-state index in [9.17, 15) is 4.79 Å². The number of hydrogen-bond acceptors (Lipinski definition) is 1. The first-order valence-electron chi connectivity index (χ1n) is 3.70. The van der Waals surface area contributed by atoms with Crippen LogP contribution in [0.5, 0.6) is 0 Å². The Morgan fingerprint density at radius 3 is 1.30 bits per heavy atom. The Hall–Kier alpha value is -0.330. The molecule has 0 unspecified atom stereocenters. The van der Waals surface area contributed by atoms with Gasteiger partial charge in [-0.15, -0.1) is 0 Å². The van der Waals surface area contributed by atoms with Crippen LogP contribution in [0, 0.1) is 10.8 Å². The fourth-order valence-corrected chi connectivity index (χ4v) is 0.528. The Morgan fingerprint density at radius 2 is 1.30 bits per heavy atom. The second-order valence-electron chi connectivity index (χ2n) is 4.43. The van der Waals surface area contributed by atoms with Crippen LogP contribution in [-0.2, 0) is 4.79 Å². The second kappa shape index (κ2) is 2.37. The van der Waals surface area contributed by atoms with Gasteiger partial charge < -0.3 is 0 Å². The molecule has 0 aliphatic heterocycles. The minimum atomic E-state index is -0.201. The minimum Gasteiger partial charge on any atom is -0.299 e. The molecule has 0 aromatic heterocycles. The first-order chi connectivity index (χ1) is 4.19. The Labute approximate surface area is 63.8 Å². The fourth-order valence-electron chi connectivity index (χ4n) is 0.528. The van der Waals surface area contributed by atoms with Crippen LogP contribution < -0.4 is 0 Å². The Balaban J connectivity index is 4.57. The number of rotatable bonds is 1. The lowest BCUT2D eigenvalue weighted by atomic mass is 9.67. The predicted molar refractivity (Wildman–Crippen MR) is 43.9 cm³/mol. The molecule has 10 heavy (non-hydrogen) atoms. The molecule has 0 atom stereocenters. The van der Waals surface area contributed by atoms with Crippen molar-refractivity contribution in [2.45, 2.75) is 41.5 Å². The van der Waals surface area contributed by atoms with Crippen LogP contribution in [0.2, 0.25) is 0 Å². The molecule has 0 aliphatic carbocycles. The van der Waals surface area contributed by atoms with Crippen molar-refractivity contribution in [1.29, 1.82) is 0 Å². The lowest BCUT2D eigenvalue weighted by Gasteiger charge is -2.36. The molecule has 1 nitrogen and oxygen atoms in total. The molecule has 0 bridgehead atoms. The average Bonchev–Trinajstić information content (AvgIpc) is 1.62. The third-order valence-electron chi connectivity index (χ3n) is 2.76. The summed E-state index contributed by atoms with van der Waals surface area (Å²) < 4.78 is 0. The molecule has 0 rings (SSSR count). The summed E-state index contributed by atoms with van der Waals surface area (Å²) in [5.74, 6) is 0.264. The molecule has 0 amide bonds. The lowest BCUT2D eigenvalue weighted by molar-refractivity contribution is -0.130. The molecule has 0 spiro atoms. The number of hydrogen-bond donors (Lipinski definition) is 0. The summed E-state index contributed by atoms with van der Waals surface area (Å²) in [5.41, 5.74) is -0.133. The van der Waals surface area contributed by atoms with Gasteiger partial charge in [-0.05, 0) is 12.3 Å². The monoisotopic (exact) mass is 142 g/mol. The van der Waals surface area contributed by atoms with Crippen molar-refractivity contribution in [1.82, 2.24) is 0 Å². The highest BCUT2D eigenvalue weighted by Gasteiger charge is 2.36. The molecule has 0 radical (unpaired) electrons. The van der Waals surface area contributed by atoms with Crippen LogP contribution in [0.1, 0.15) is 41.5 Å². The van der Waals surface area contributed by atoms with Crippen molar-refractivity contribution in [2.75, 3.05) is 0 Å². The van der Waals surface area contributed by atoms with Crippen LogP contribution in [0.3, 0.4) is 0 Å². The summed E-state index contributed by atoms with van der Waals surface area (Å²) in [7, 11) is 0. The normalized spacial score (nSPS) is 13.4. The van der Waals surface area contributed by atoms with Gasteiger partial charge in [0.05, 0.1) is 0 Å². The molecular formula is C9H18O. The molecule has 0 saturated heterocycles. The van der Waals surface area contributed by atoms with Gasteiger partial charge in [0, 0.05) is 5.41 Å². The molecule has 0 saturated carbocycles. The zero-order chi connectivity index (χ0) is 8.58. The summed E-state index contributed by atoms with van der Waals surface area (Å²) >= 11 is 0. The van der Waals surface area contributed by atoms with Gasteiger partial charge in [0.15, 0.2) is 0 Å². The maximum absolute atomic E-state index is 11.1. The molecular weight excluding hydrogens is 124 g/mol. The summed E-state index contributed by atoms with van der Waals surface area (Å²) in [4.78, 5) is 11.1. The number of ketones is 1. The topological polar surface area (TPSA) is 17.1 Å². The van der Waals surface area contributed by atoms with Gasteiger partial charge >= 0.3 is 0 Å². The minimum absolute atomic E-state index is 0.0683. The van der Waals surface area contributed by atoms with Crippen molar-refractivity contribution in [3.8, 4) is 0 Å². The highest BCUT2D eigenvalue weighted by Crippen LogP contribution is 2.38. The van der Waals surface area contributed by atoms with E-state index in [1.807, 2.05) is 13.8 Å². The summed E-state index contributed by atoms with van der Waals surface area (Å²) in [5, 5.41) is 0. The first-order valence-corrected chi connectivity index (χ1v) is 3.70. The van der Waals surface area contributed by atoms with Gasteiger partial charge in [-0.3, -0.25) is 4.79 Å². The molecule has 0 aliphatic rings. The maximum Gasteiger partial charge on any atom is 0.135 e. The van der Waals surface area contributed by atoms with Crippen molar-refractivity contribution < 1.29 is 4.79 Å². The molecule has 0 fully saturated rings. The molecule has 0 aromatic carbocycles. The summed E-state index contributed by atoms with van der Waals surface area (Å²) in [6, 6.07) is 0. The molecule has 0 heterocycles. The SMILES string of the molecule is CC(=O)C(C)(C)C(C)(C)C. The van der Waals surface area contributed by atoms with E-state index in [2.05, 4.69) is 20.8 Å². The summed E-state index contributed by atoms with van der Waals surface area (Å²) in [6.07, 6.45) is 0. The van der Waals surface area contributed by atoms with Crippen molar-refractivity contribution >= 4 is 5.78 Å². The van der Waals surface area contributed by atoms with Gasteiger partial charge in [0.1, 0.15) is 5.78 Å². The van der Waals surface area contributed by atoms with E-state index in [4.69, 9.17) is 0 Å². The van der Waals surface area contributed by atoms with Gasteiger partial charge in [0.25, 0.3) is 0 Å². The zero-order valence-corrected chi connectivity index (χ0v) is 7.91. The van der Waals surface area contributed by atoms with Crippen LogP contribution >= 0.6 is 0 Å². The van der Waals surface area contributed by atoms with Crippen LogP contribution in [0.4, 0.5) is 0 Å². The van der Waals surface area contributed by atoms with Crippen LogP contribution in [0.15, 0.2) is 0 Å².